The van der Waals surface area contributed by atoms with Gasteiger partial charge in [-0.3, -0.25) is 33.0 Å². The third-order valence-corrected chi connectivity index (χ3v) is 8.79. The maximum absolute atomic E-state index is 12.9. The number of benzene rings is 1. The fourth-order valence-electron chi connectivity index (χ4n) is 4.82. The summed E-state index contributed by atoms with van der Waals surface area (Å²) in [5.41, 5.74) is 4.25. The number of oxime groups is 1. The number of hydrogen-bond acceptors (Lipinski definition) is 16. The Hall–Kier alpha value is -3.52. The van der Waals surface area contributed by atoms with Crippen LogP contribution in [0.2, 0.25) is 10.0 Å². The average Bonchev–Trinajstić information content (AvgIpc) is 3.60. The summed E-state index contributed by atoms with van der Waals surface area (Å²) in [6.45, 7) is 0.946. The van der Waals surface area contributed by atoms with Crippen LogP contribution in [-0.2, 0) is 53.5 Å². The predicted octanol–water partition coefficient (Wildman–Crippen LogP) is 1.67. The number of halogens is 2. The molecule has 1 aromatic carbocycles. The SMILES string of the molecule is COc1cc(Cl)c(/C=N/O[C@@H]2C[C@H](n3cc(CN)c(=O)[nH]c3=O)OC2COP(=O)(O)OC[C@@H]2C[C@H](OC(C)=O)OC2OC(C)=O)c(Cl)c1O. The molecule has 19 nitrogen and oxygen atoms in total. The van der Waals surface area contributed by atoms with Crippen LogP contribution in [0.3, 0.4) is 0 Å². The molecular weight excluding hydrogens is 722 g/mol. The molecule has 3 heterocycles. The Balaban J connectivity index is 1.49. The molecule has 4 rings (SSSR count). The smallest absolute Gasteiger partial charge is 0.472 e. The molecule has 2 aromatic rings. The Morgan fingerprint density at radius 2 is 1.86 bits per heavy atom. The van der Waals surface area contributed by atoms with Crippen molar-refractivity contribution in [3.8, 4) is 11.5 Å². The van der Waals surface area contributed by atoms with Crippen LogP contribution in [0, 0.1) is 5.92 Å². The molecule has 0 bridgehead atoms. The predicted molar refractivity (Wildman–Crippen MR) is 167 cm³/mol. The lowest BCUT2D eigenvalue weighted by molar-refractivity contribution is -0.212. The number of H-pyrrole nitrogens is 1. The van der Waals surface area contributed by atoms with E-state index in [1.165, 1.54) is 19.4 Å². The normalized spacial score (nSPS) is 24.9. The highest BCUT2D eigenvalue weighted by atomic mass is 35.5. The molecule has 0 saturated carbocycles. The van der Waals surface area contributed by atoms with E-state index >= 15 is 0 Å². The first kappa shape index (κ1) is 38.3. The number of rotatable bonds is 14. The van der Waals surface area contributed by atoms with E-state index in [4.69, 9.17) is 66.5 Å². The van der Waals surface area contributed by atoms with E-state index < -0.39 is 86.9 Å². The number of aromatic amines is 1. The highest BCUT2D eigenvalue weighted by Gasteiger charge is 2.43. The maximum atomic E-state index is 12.9. The molecule has 2 aliphatic heterocycles. The van der Waals surface area contributed by atoms with E-state index in [9.17, 15) is 33.7 Å². The highest BCUT2D eigenvalue weighted by Crippen LogP contribution is 2.46. The van der Waals surface area contributed by atoms with Crippen molar-refractivity contribution in [3.63, 3.8) is 0 Å². The number of hydrogen-bond donors (Lipinski definition) is 4. The van der Waals surface area contributed by atoms with Gasteiger partial charge in [-0.1, -0.05) is 28.4 Å². The highest BCUT2D eigenvalue weighted by molar-refractivity contribution is 7.47. The van der Waals surface area contributed by atoms with Crippen LogP contribution < -0.4 is 21.7 Å². The minimum absolute atomic E-state index is 0.0163. The van der Waals surface area contributed by atoms with Crippen molar-refractivity contribution in [2.45, 2.75) is 64.2 Å². The number of carbonyl (C=O) groups excluding carboxylic acids is 2. The monoisotopic (exact) mass is 754 g/mol. The molecule has 7 atom stereocenters. The quantitative estimate of drug-likeness (QED) is 0.0925. The first-order valence-corrected chi connectivity index (χ1v) is 16.6. The van der Waals surface area contributed by atoms with Crippen LogP contribution >= 0.6 is 31.0 Å². The Labute approximate surface area is 287 Å². The Morgan fingerprint density at radius 3 is 2.51 bits per heavy atom. The summed E-state index contributed by atoms with van der Waals surface area (Å²) in [4.78, 5) is 65.7. The third-order valence-electron chi connectivity index (χ3n) is 7.14. The first-order chi connectivity index (χ1) is 23.1. The number of carbonyl (C=O) groups is 2. The lowest BCUT2D eigenvalue weighted by Crippen LogP contribution is -2.35. The van der Waals surface area contributed by atoms with Gasteiger partial charge in [0.15, 0.2) is 17.6 Å². The van der Waals surface area contributed by atoms with Crippen molar-refractivity contribution < 1.29 is 61.7 Å². The molecule has 2 fully saturated rings. The summed E-state index contributed by atoms with van der Waals surface area (Å²) in [5.74, 6) is -2.56. The molecule has 5 N–H and O–H groups in total. The van der Waals surface area contributed by atoms with Gasteiger partial charge < -0.3 is 44.3 Å². The van der Waals surface area contributed by atoms with Gasteiger partial charge in [-0.25, -0.2) is 9.36 Å². The number of nitrogens with two attached hydrogens (primary N) is 1. The molecule has 1 aromatic heterocycles. The van der Waals surface area contributed by atoms with E-state index in [1.807, 2.05) is 0 Å². The van der Waals surface area contributed by atoms with Crippen molar-refractivity contribution in [1.82, 2.24) is 9.55 Å². The van der Waals surface area contributed by atoms with Gasteiger partial charge in [0.1, 0.15) is 12.3 Å². The minimum Gasteiger partial charge on any atom is -0.503 e. The molecule has 2 saturated heterocycles. The number of methoxy groups -OCH3 is 1. The Morgan fingerprint density at radius 1 is 1.16 bits per heavy atom. The number of esters is 2. The zero-order chi connectivity index (χ0) is 36.0. The summed E-state index contributed by atoms with van der Waals surface area (Å²) in [7, 11) is -3.53. The second kappa shape index (κ2) is 16.5. The van der Waals surface area contributed by atoms with Crippen LogP contribution in [0.15, 0.2) is 27.0 Å². The first-order valence-electron chi connectivity index (χ1n) is 14.4. The number of phenolic OH excluding ortho intramolecular Hbond substituents is 1. The maximum Gasteiger partial charge on any atom is 0.472 e. The number of ether oxygens (including phenoxy) is 5. The van der Waals surface area contributed by atoms with E-state index in [1.54, 1.807) is 0 Å². The standard InChI is InChI=1S/C27H33Cl2N4O15P/c1-12(34)44-22-4-14(26(47-22)45-13(2)35)10-42-49(39,40)43-11-20-18(6-21(46-20)33-9-15(7-30)25(37)32-27(33)38)48-31-8-16-17(28)5-19(41-3)24(36)23(16)29/h5,8-9,14,18,20-22,26,36H,4,6-7,10-11,30H2,1-3H3,(H,39,40)(H,32,37,38)/b31-8+/t14-,18+,20?,21+,22+,26?/m0/s1. The summed E-state index contributed by atoms with van der Waals surface area (Å²) in [6.07, 6.45) is -3.42. The molecule has 0 aliphatic carbocycles. The number of phosphoric ester groups is 1. The van der Waals surface area contributed by atoms with Crippen LogP contribution in [0.5, 0.6) is 11.5 Å². The second-order valence-electron chi connectivity index (χ2n) is 10.6. The summed E-state index contributed by atoms with van der Waals surface area (Å²) >= 11 is 12.4. The summed E-state index contributed by atoms with van der Waals surface area (Å²) in [5, 5.41) is 14.0. The lowest BCUT2D eigenvalue weighted by atomic mass is 10.1. The summed E-state index contributed by atoms with van der Waals surface area (Å²) < 4.78 is 50.6. The van der Waals surface area contributed by atoms with E-state index in [0.717, 1.165) is 24.6 Å². The molecule has 0 spiro atoms. The van der Waals surface area contributed by atoms with Crippen LogP contribution in [0.4, 0.5) is 0 Å². The lowest BCUT2D eigenvalue weighted by Gasteiger charge is -2.21. The number of aromatic nitrogens is 2. The van der Waals surface area contributed by atoms with Gasteiger partial charge in [-0.05, 0) is 0 Å². The molecule has 49 heavy (non-hydrogen) atoms. The van der Waals surface area contributed by atoms with Crippen LogP contribution in [0.25, 0.3) is 0 Å². The fourth-order valence-corrected chi connectivity index (χ4v) is 6.14. The number of phosphoric acid groups is 1. The van der Waals surface area contributed by atoms with Gasteiger partial charge >= 0.3 is 25.5 Å². The zero-order valence-electron chi connectivity index (χ0n) is 26.1. The largest absolute Gasteiger partial charge is 0.503 e. The minimum atomic E-state index is -4.84. The molecule has 22 heteroatoms. The molecule has 0 radical (unpaired) electrons. The second-order valence-corrected chi connectivity index (χ2v) is 12.9. The molecule has 0 amide bonds. The van der Waals surface area contributed by atoms with E-state index in [2.05, 4.69) is 10.1 Å². The number of nitrogens with one attached hydrogen (secondary N) is 1. The van der Waals surface area contributed by atoms with E-state index in [-0.39, 0.29) is 46.3 Å². The van der Waals surface area contributed by atoms with Gasteiger partial charge in [0.05, 0.1) is 42.5 Å². The number of aromatic hydroxyl groups is 1. The van der Waals surface area contributed by atoms with Gasteiger partial charge in [0.2, 0.25) is 12.6 Å². The van der Waals surface area contributed by atoms with Crippen molar-refractivity contribution in [2.24, 2.45) is 16.8 Å². The Kier molecular flexibility index (Phi) is 12.9. The molecular formula is C27H33Cl2N4O15P. The van der Waals surface area contributed by atoms with Crippen molar-refractivity contribution in [2.75, 3.05) is 20.3 Å². The number of phenols is 1. The topological polar surface area (TPSA) is 259 Å². The van der Waals surface area contributed by atoms with Crippen molar-refractivity contribution >= 4 is 49.2 Å². The van der Waals surface area contributed by atoms with Crippen LogP contribution in [0.1, 0.15) is 44.0 Å². The molecule has 3 unspecified atom stereocenters. The Bertz CT molecular complexity index is 1740. The fraction of sp³-hybridized carbons (Fsp3) is 0.519. The van der Waals surface area contributed by atoms with Crippen molar-refractivity contribution in [3.05, 3.63) is 54.3 Å². The van der Waals surface area contributed by atoms with Gasteiger partial charge in [-0.15, -0.1) is 0 Å². The van der Waals surface area contributed by atoms with Gasteiger partial charge in [-0.2, -0.15) is 0 Å². The van der Waals surface area contributed by atoms with Crippen LogP contribution in [-0.4, -0.2) is 82.8 Å². The average molecular weight is 755 g/mol. The zero-order valence-corrected chi connectivity index (χ0v) is 28.5. The third kappa shape index (κ3) is 9.80. The van der Waals surface area contributed by atoms with Crippen molar-refractivity contribution in [1.29, 1.82) is 0 Å². The molecule has 2 aliphatic rings. The van der Waals surface area contributed by atoms with E-state index in [0.29, 0.717) is 0 Å². The van der Waals surface area contributed by atoms with Gasteiger partial charge in [0.25, 0.3) is 5.56 Å². The molecule has 270 valence electrons. The number of nitrogens with zero attached hydrogens (tertiary/aromatic N) is 2. The summed E-state index contributed by atoms with van der Waals surface area (Å²) in [6, 6.07) is 1.30. The van der Waals surface area contributed by atoms with Gasteiger partial charge in [0, 0.05) is 56.6 Å².